The lowest BCUT2D eigenvalue weighted by Crippen LogP contribution is -2.25. The molecule has 1 heterocycles. The number of pyridine rings is 1. The van der Waals surface area contributed by atoms with Crippen LogP contribution >= 0.6 is 0 Å². The molecule has 0 atom stereocenters. The van der Waals surface area contributed by atoms with Gasteiger partial charge in [-0.05, 0) is 43.1 Å². The van der Waals surface area contributed by atoms with Gasteiger partial charge in [-0.2, -0.15) is 0 Å². The van der Waals surface area contributed by atoms with Gasteiger partial charge in [-0.25, -0.2) is 0 Å². The molecule has 0 amide bonds. The minimum Gasteiger partial charge on any atom is -0.308 e. The molecule has 0 N–H and O–H groups in total. The summed E-state index contributed by atoms with van der Waals surface area (Å²) in [5, 5.41) is 2.98. The second-order valence-corrected chi connectivity index (χ2v) is 7.10. The third-order valence-electron chi connectivity index (χ3n) is 5.10. The first-order valence-electron chi connectivity index (χ1n) is 9.47. The Balaban J connectivity index is 1.56. The number of hydrogen-bond donors (Lipinski definition) is 0. The second-order valence-electron chi connectivity index (χ2n) is 7.10. The van der Waals surface area contributed by atoms with Crippen molar-refractivity contribution in [1.29, 1.82) is 0 Å². The van der Waals surface area contributed by atoms with E-state index in [1.54, 1.807) is 0 Å². The average Bonchev–Trinajstić information content (AvgIpc) is 2.71. The molecule has 4 rings (SSSR count). The van der Waals surface area contributed by atoms with Crippen molar-refractivity contribution in [1.82, 2.24) is 9.47 Å². The van der Waals surface area contributed by atoms with E-state index in [9.17, 15) is 4.79 Å². The van der Waals surface area contributed by atoms with Gasteiger partial charge in [0.25, 0.3) is 5.56 Å². The van der Waals surface area contributed by atoms with Crippen LogP contribution in [0.25, 0.3) is 21.7 Å². The number of fused-ring (bicyclic) bond motifs is 3. The summed E-state index contributed by atoms with van der Waals surface area (Å²) in [6, 6.07) is 26.6. The van der Waals surface area contributed by atoms with Gasteiger partial charge in [0.15, 0.2) is 0 Å². The van der Waals surface area contributed by atoms with Crippen LogP contribution in [-0.2, 0) is 13.1 Å². The van der Waals surface area contributed by atoms with Crippen LogP contribution in [0.1, 0.15) is 12.0 Å². The molecule has 136 valence electrons. The van der Waals surface area contributed by atoms with Gasteiger partial charge in [0.2, 0.25) is 0 Å². The summed E-state index contributed by atoms with van der Waals surface area (Å²) in [4.78, 5) is 15.4. The van der Waals surface area contributed by atoms with E-state index in [2.05, 4.69) is 48.3 Å². The molecule has 3 nitrogen and oxygen atoms in total. The van der Waals surface area contributed by atoms with Gasteiger partial charge in [-0.15, -0.1) is 0 Å². The van der Waals surface area contributed by atoms with Gasteiger partial charge < -0.3 is 9.47 Å². The molecule has 4 aromatic rings. The molecule has 3 heteroatoms. The van der Waals surface area contributed by atoms with Crippen molar-refractivity contribution in [3.63, 3.8) is 0 Å². The molecule has 0 saturated heterocycles. The van der Waals surface area contributed by atoms with E-state index in [4.69, 9.17) is 0 Å². The first-order chi connectivity index (χ1) is 13.2. The summed E-state index contributed by atoms with van der Waals surface area (Å²) in [5.74, 6) is 0. The number of aryl methyl sites for hydroxylation is 1. The third kappa shape index (κ3) is 3.64. The van der Waals surface area contributed by atoms with Gasteiger partial charge in [0.1, 0.15) is 0 Å². The maximum absolute atomic E-state index is 13.1. The zero-order valence-corrected chi connectivity index (χ0v) is 15.6. The van der Waals surface area contributed by atoms with Crippen molar-refractivity contribution in [2.45, 2.75) is 19.5 Å². The zero-order chi connectivity index (χ0) is 18.6. The summed E-state index contributed by atoms with van der Waals surface area (Å²) in [5.41, 5.74) is 2.44. The number of benzene rings is 3. The predicted octanol–water partition coefficient (Wildman–Crippen LogP) is 4.68. The van der Waals surface area contributed by atoms with Crippen LogP contribution in [0.3, 0.4) is 0 Å². The number of aromatic nitrogens is 1. The topological polar surface area (TPSA) is 25.2 Å². The van der Waals surface area contributed by atoms with Crippen LogP contribution in [0, 0.1) is 0 Å². The molecule has 3 aromatic carbocycles. The van der Waals surface area contributed by atoms with Crippen molar-refractivity contribution >= 4 is 21.7 Å². The minimum absolute atomic E-state index is 0.106. The maximum Gasteiger partial charge on any atom is 0.258 e. The second kappa shape index (κ2) is 7.77. The molecule has 27 heavy (non-hydrogen) atoms. The van der Waals surface area contributed by atoms with Crippen LogP contribution in [0.5, 0.6) is 0 Å². The van der Waals surface area contributed by atoms with Crippen LogP contribution in [0.15, 0.2) is 83.7 Å². The Morgan fingerprint density at radius 3 is 2.19 bits per heavy atom. The lowest BCUT2D eigenvalue weighted by molar-refractivity contribution is 0.314. The van der Waals surface area contributed by atoms with E-state index in [0.29, 0.717) is 0 Å². The molecule has 0 radical (unpaired) electrons. The maximum atomic E-state index is 13.1. The zero-order valence-electron chi connectivity index (χ0n) is 15.6. The van der Waals surface area contributed by atoms with E-state index in [1.807, 2.05) is 47.0 Å². The van der Waals surface area contributed by atoms with Crippen molar-refractivity contribution in [3.8, 4) is 0 Å². The summed E-state index contributed by atoms with van der Waals surface area (Å²) in [6.45, 7) is 2.60. The van der Waals surface area contributed by atoms with Crippen LogP contribution in [0.2, 0.25) is 0 Å². The number of para-hydroxylation sites is 1. The molecule has 0 fully saturated rings. The summed E-state index contributed by atoms with van der Waals surface area (Å²) in [7, 11) is 2.13. The fraction of sp³-hybridized carbons (Fsp3) is 0.208. The molecule has 0 bridgehead atoms. The first-order valence-corrected chi connectivity index (χ1v) is 9.47. The highest BCUT2D eigenvalue weighted by Gasteiger charge is 2.10. The lowest BCUT2D eigenvalue weighted by Gasteiger charge is -2.18. The molecular weight excluding hydrogens is 332 g/mol. The predicted molar refractivity (Wildman–Crippen MR) is 113 cm³/mol. The van der Waals surface area contributed by atoms with Crippen LogP contribution in [0.4, 0.5) is 0 Å². The molecule has 0 unspecified atom stereocenters. The molecule has 0 aliphatic carbocycles. The molecular formula is C24H24N2O. The molecule has 0 saturated carbocycles. The van der Waals surface area contributed by atoms with Gasteiger partial charge in [-0.3, -0.25) is 4.79 Å². The Labute approximate surface area is 159 Å². The SMILES string of the molecule is CN(CCCn1c(=O)c2ccccc2c2ccccc21)Cc1ccccc1. The Morgan fingerprint density at radius 2 is 1.41 bits per heavy atom. The Hall–Kier alpha value is -2.91. The number of nitrogens with zero attached hydrogens (tertiary/aromatic N) is 2. The summed E-state index contributed by atoms with van der Waals surface area (Å²) in [6.07, 6.45) is 0.936. The average molecular weight is 356 g/mol. The highest BCUT2D eigenvalue weighted by molar-refractivity contribution is 6.05. The number of hydrogen-bond acceptors (Lipinski definition) is 2. The van der Waals surface area contributed by atoms with Crippen molar-refractivity contribution < 1.29 is 0 Å². The summed E-state index contributed by atoms with van der Waals surface area (Å²) >= 11 is 0. The van der Waals surface area contributed by atoms with E-state index >= 15 is 0 Å². The number of rotatable bonds is 6. The van der Waals surface area contributed by atoms with Gasteiger partial charge in [0, 0.05) is 23.9 Å². The smallest absolute Gasteiger partial charge is 0.258 e. The quantitative estimate of drug-likeness (QED) is 0.469. The fourth-order valence-corrected chi connectivity index (χ4v) is 3.79. The highest BCUT2D eigenvalue weighted by Crippen LogP contribution is 2.22. The largest absolute Gasteiger partial charge is 0.308 e. The molecule has 1 aromatic heterocycles. The van der Waals surface area contributed by atoms with Crippen molar-refractivity contribution in [2.75, 3.05) is 13.6 Å². The molecule has 0 aliphatic rings. The summed E-state index contributed by atoms with van der Waals surface area (Å²) < 4.78 is 1.94. The first kappa shape index (κ1) is 17.5. The van der Waals surface area contributed by atoms with Crippen molar-refractivity contribution in [3.05, 3.63) is 94.8 Å². The van der Waals surface area contributed by atoms with E-state index in [-0.39, 0.29) is 5.56 Å². The van der Waals surface area contributed by atoms with Crippen LogP contribution < -0.4 is 5.56 Å². The molecule has 0 spiro atoms. The van der Waals surface area contributed by atoms with Gasteiger partial charge >= 0.3 is 0 Å². The monoisotopic (exact) mass is 356 g/mol. The molecule has 0 aliphatic heterocycles. The normalized spacial score (nSPS) is 11.5. The van der Waals surface area contributed by atoms with Crippen molar-refractivity contribution in [2.24, 2.45) is 0 Å². The fourth-order valence-electron chi connectivity index (χ4n) is 3.79. The third-order valence-corrected chi connectivity index (χ3v) is 5.10. The van der Waals surface area contributed by atoms with Gasteiger partial charge in [-0.1, -0.05) is 66.7 Å². The standard InChI is InChI=1S/C24H24N2O/c1-25(18-19-10-3-2-4-11-19)16-9-17-26-23-15-8-7-13-21(23)20-12-5-6-14-22(20)24(26)27/h2-8,10-15H,9,16-18H2,1H3. The van der Waals surface area contributed by atoms with E-state index in [1.165, 1.54) is 5.56 Å². The van der Waals surface area contributed by atoms with Gasteiger partial charge in [0.05, 0.1) is 5.52 Å². The van der Waals surface area contributed by atoms with E-state index < -0.39 is 0 Å². The minimum atomic E-state index is 0.106. The Bertz CT molecular complexity index is 1120. The highest BCUT2D eigenvalue weighted by atomic mass is 16.1. The Kier molecular flexibility index (Phi) is 5.03. The lowest BCUT2D eigenvalue weighted by atomic mass is 10.1. The Morgan fingerprint density at radius 1 is 0.778 bits per heavy atom. The van der Waals surface area contributed by atoms with Crippen LogP contribution in [-0.4, -0.2) is 23.1 Å². The van der Waals surface area contributed by atoms with E-state index in [0.717, 1.165) is 47.7 Å².